The Bertz CT molecular complexity index is 586. The molecule has 0 aliphatic rings. The van der Waals surface area contributed by atoms with Crippen molar-refractivity contribution in [2.24, 2.45) is 0 Å². The largest absolute Gasteiger partial charge is 0.480 e. The van der Waals surface area contributed by atoms with Gasteiger partial charge in [-0.1, -0.05) is 6.07 Å². The lowest BCUT2D eigenvalue weighted by Crippen LogP contribution is -2.08. The van der Waals surface area contributed by atoms with Crippen molar-refractivity contribution in [3.63, 3.8) is 0 Å². The first-order valence-electron chi connectivity index (χ1n) is 5.15. The van der Waals surface area contributed by atoms with Crippen molar-refractivity contribution in [2.75, 3.05) is 5.32 Å². The average molecular weight is 232 g/mol. The van der Waals surface area contributed by atoms with Crippen molar-refractivity contribution in [1.29, 1.82) is 0 Å². The van der Waals surface area contributed by atoms with Crippen LogP contribution in [0.15, 0.2) is 30.5 Å². The van der Waals surface area contributed by atoms with Gasteiger partial charge in [0.05, 0.1) is 11.2 Å². The minimum atomic E-state index is -0.896. The first-order chi connectivity index (χ1) is 8.08. The summed E-state index contributed by atoms with van der Waals surface area (Å²) in [6.07, 6.45) is 1.70. The predicted molar refractivity (Wildman–Crippen MR) is 63.9 cm³/mol. The molecule has 2 aromatic rings. The number of fused-ring (bicyclic) bond motifs is 1. The molecule has 1 aromatic heterocycles. The number of hydrogen-bond donors (Lipinski definition) is 2. The molecule has 0 unspecified atom stereocenters. The third-order valence-electron chi connectivity index (χ3n) is 2.43. The average Bonchev–Trinajstić information content (AvgIpc) is 2.61. The Labute approximate surface area is 97.7 Å². The van der Waals surface area contributed by atoms with Crippen LogP contribution in [0.2, 0.25) is 0 Å². The fraction of sp³-hybridized carbons (Fsp3) is 0.167. The van der Waals surface area contributed by atoms with E-state index in [-0.39, 0.29) is 12.5 Å². The fourth-order valence-electron chi connectivity index (χ4n) is 1.81. The quantitative estimate of drug-likeness (QED) is 0.845. The summed E-state index contributed by atoms with van der Waals surface area (Å²) in [4.78, 5) is 21.7. The van der Waals surface area contributed by atoms with Crippen LogP contribution < -0.4 is 5.32 Å². The maximum absolute atomic E-state index is 11.0. The molecule has 2 N–H and O–H groups in total. The molecule has 88 valence electrons. The minimum absolute atomic E-state index is 0.0903. The standard InChI is InChI=1S/C12H12N2O3/c1-8(15)13-10-3-2-4-11-9(10)5-6-14(11)7-12(16)17/h2-6H,7H2,1H3,(H,13,15)(H,16,17). The normalized spacial score (nSPS) is 10.4. The van der Waals surface area contributed by atoms with Gasteiger partial charge in [0.1, 0.15) is 6.54 Å². The van der Waals surface area contributed by atoms with Crippen LogP contribution in [0.5, 0.6) is 0 Å². The maximum Gasteiger partial charge on any atom is 0.323 e. The van der Waals surface area contributed by atoms with E-state index in [2.05, 4.69) is 5.32 Å². The summed E-state index contributed by atoms with van der Waals surface area (Å²) in [7, 11) is 0. The number of nitrogens with zero attached hydrogens (tertiary/aromatic N) is 1. The van der Waals surface area contributed by atoms with Crippen LogP contribution in [0, 0.1) is 0 Å². The number of nitrogens with one attached hydrogen (secondary N) is 1. The topological polar surface area (TPSA) is 71.3 Å². The van der Waals surface area contributed by atoms with Crippen LogP contribution in [0.25, 0.3) is 10.9 Å². The summed E-state index contributed by atoms with van der Waals surface area (Å²) in [5, 5.41) is 12.3. The lowest BCUT2D eigenvalue weighted by Gasteiger charge is -2.05. The fourth-order valence-corrected chi connectivity index (χ4v) is 1.81. The lowest BCUT2D eigenvalue weighted by atomic mass is 10.2. The third kappa shape index (κ3) is 2.28. The summed E-state index contributed by atoms with van der Waals surface area (Å²) < 4.78 is 1.63. The van der Waals surface area contributed by atoms with Crippen molar-refractivity contribution < 1.29 is 14.7 Å². The summed E-state index contributed by atoms with van der Waals surface area (Å²) in [6.45, 7) is 1.35. The number of amides is 1. The van der Waals surface area contributed by atoms with Crippen LogP contribution in [0.3, 0.4) is 0 Å². The lowest BCUT2D eigenvalue weighted by molar-refractivity contribution is -0.137. The summed E-state index contributed by atoms with van der Waals surface area (Å²) >= 11 is 0. The Balaban J connectivity index is 2.48. The Morgan fingerprint density at radius 3 is 2.76 bits per heavy atom. The Hall–Kier alpha value is -2.30. The van der Waals surface area contributed by atoms with E-state index in [1.807, 2.05) is 6.07 Å². The number of anilines is 1. The zero-order valence-electron chi connectivity index (χ0n) is 9.30. The van der Waals surface area contributed by atoms with Crippen molar-refractivity contribution in [1.82, 2.24) is 4.57 Å². The molecule has 0 bridgehead atoms. The van der Waals surface area contributed by atoms with Crippen LogP contribution in [-0.4, -0.2) is 21.6 Å². The van der Waals surface area contributed by atoms with Gasteiger partial charge >= 0.3 is 5.97 Å². The van der Waals surface area contributed by atoms with Crippen molar-refractivity contribution in [3.05, 3.63) is 30.5 Å². The van der Waals surface area contributed by atoms with Crippen LogP contribution >= 0.6 is 0 Å². The second kappa shape index (κ2) is 4.29. The van der Waals surface area contributed by atoms with Gasteiger partial charge in [-0.25, -0.2) is 0 Å². The van der Waals surface area contributed by atoms with E-state index in [0.29, 0.717) is 5.69 Å². The van der Waals surface area contributed by atoms with Crippen LogP contribution in [0.1, 0.15) is 6.92 Å². The molecule has 0 saturated carbocycles. The molecule has 17 heavy (non-hydrogen) atoms. The van der Waals surface area contributed by atoms with Gasteiger partial charge in [-0.3, -0.25) is 9.59 Å². The van der Waals surface area contributed by atoms with Gasteiger partial charge in [0.2, 0.25) is 5.91 Å². The molecule has 0 radical (unpaired) electrons. The zero-order valence-corrected chi connectivity index (χ0v) is 9.30. The number of hydrogen-bond acceptors (Lipinski definition) is 2. The molecule has 5 nitrogen and oxygen atoms in total. The molecule has 5 heteroatoms. The Morgan fingerprint density at radius 1 is 1.35 bits per heavy atom. The highest BCUT2D eigenvalue weighted by molar-refractivity contribution is 6.00. The van der Waals surface area contributed by atoms with Gasteiger partial charge < -0.3 is 15.0 Å². The number of carboxylic acid groups (broad SMARTS) is 1. The summed E-state index contributed by atoms with van der Waals surface area (Å²) in [6, 6.07) is 7.19. The Kier molecular flexibility index (Phi) is 2.82. The SMILES string of the molecule is CC(=O)Nc1cccc2c1ccn2CC(=O)O. The number of aliphatic carboxylic acids is 1. The van der Waals surface area contributed by atoms with E-state index in [4.69, 9.17) is 5.11 Å². The molecule has 0 aliphatic carbocycles. The summed E-state index contributed by atoms with van der Waals surface area (Å²) in [5.41, 5.74) is 1.48. The van der Waals surface area contributed by atoms with E-state index in [1.165, 1.54) is 6.92 Å². The van der Waals surface area contributed by atoms with E-state index in [0.717, 1.165) is 10.9 Å². The van der Waals surface area contributed by atoms with E-state index >= 15 is 0 Å². The van der Waals surface area contributed by atoms with Gasteiger partial charge in [0.15, 0.2) is 0 Å². The zero-order chi connectivity index (χ0) is 12.4. The second-order valence-electron chi connectivity index (χ2n) is 3.76. The predicted octanol–water partition coefficient (Wildman–Crippen LogP) is 1.68. The number of aromatic nitrogens is 1. The molecule has 0 fully saturated rings. The third-order valence-corrected chi connectivity index (χ3v) is 2.43. The minimum Gasteiger partial charge on any atom is -0.480 e. The molecule has 2 rings (SSSR count). The van der Waals surface area contributed by atoms with Crippen molar-refractivity contribution in [2.45, 2.75) is 13.5 Å². The van der Waals surface area contributed by atoms with Gasteiger partial charge in [0.25, 0.3) is 0 Å². The smallest absolute Gasteiger partial charge is 0.323 e. The van der Waals surface area contributed by atoms with E-state index < -0.39 is 5.97 Å². The highest BCUT2D eigenvalue weighted by Gasteiger charge is 2.08. The molecule has 0 atom stereocenters. The van der Waals surface area contributed by atoms with E-state index in [9.17, 15) is 9.59 Å². The summed E-state index contributed by atoms with van der Waals surface area (Å²) in [5.74, 6) is -1.05. The number of carbonyl (C=O) groups excluding carboxylic acids is 1. The molecule has 1 heterocycles. The number of carbonyl (C=O) groups is 2. The molecule has 0 spiro atoms. The number of rotatable bonds is 3. The maximum atomic E-state index is 11.0. The van der Waals surface area contributed by atoms with Gasteiger partial charge in [-0.2, -0.15) is 0 Å². The molecule has 1 amide bonds. The monoisotopic (exact) mass is 232 g/mol. The highest BCUT2D eigenvalue weighted by atomic mass is 16.4. The molecule has 0 aliphatic heterocycles. The van der Waals surface area contributed by atoms with Crippen LogP contribution in [0.4, 0.5) is 5.69 Å². The van der Waals surface area contributed by atoms with E-state index in [1.54, 1.807) is 29.0 Å². The Morgan fingerprint density at radius 2 is 2.12 bits per heavy atom. The van der Waals surface area contributed by atoms with Gasteiger partial charge in [0, 0.05) is 18.5 Å². The molecule has 0 saturated heterocycles. The number of carboxylic acids is 1. The van der Waals surface area contributed by atoms with Crippen molar-refractivity contribution in [3.8, 4) is 0 Å². The number of benzene rings is 1. The first-order valence-corrected chi connectivity index (χ1v) is 5.15. The molecule has 1 aromatic carbocycles. The van der Waals surface area contributed by atoms with Gasteiger partial charge in [-0.15, -0.1) is 0 Å². The molecular formula is C12H12N2O3. The molecular weight excluding hydrogens is 220 g/mol. The van der Waals surface area contributed by atoms with Crippen LogP contribution in [-0.2, 0) is 16.1 Å². The first kappa shape index (κ1) is 11.2. The van der Waals surface area contributed by atoms with Crippen molar-refractivity contribution >= 4 is 28.5 Å². The van der Waals surface area contributed by atoms with Gasteiger partial charge in [-0.05, 0) is 18.2 Å². The second-order valence-corrected chi connectivity index (χ2v) is 3.76. The highest BCUT2D eigenvalue weighted by Crippen LogP contribution is 2.24.